The molecule has 0 amide bonds. The van der Waals surface area contributed by atoms with Gasteiger partial charge in [0.05, 0.1) is 5.52 Å². The molecule has 0 atom stereocenters. The number of halogens is 1. The molecule has 1 aromatic carbocycles. The lowest BCUT2D eigenvalue weighted by Crippen LogP contribution is -2.37. The van der Waals surface area contributed by atoms with E-state index < -0.39 is 0 Å². The van der Waals surface area contributed by atoms with Crippen molar-refractivity contribution in [2.24, 2.45) is 0 Å². The van der Waals surface area contributed by atoms with Gasteiger partial charge in [-0.15, -0.1) is 0 Å². The highest BCUT2D eigenvalue weighted by atomic mass is 35.5. The lowest BCUT2D eigenvalue weighted by molar-refractivity contribution is 0.301. The number of nitrogens with zero attached hydrogens (tertiary/aromatic N) is 2. The number of rotatable bonds is 5. The minimum atomic E-state index is 0.771. The minimum absolute atomic E-state index is 0.771. The first kappa shape index (κ1) is 15.1. The number of benzene rings is 1. The Morgan fingerprint density at radius 1 is 1.24 bits per heavy atom. The molecule has 1 saturated heterocycles. The third-order valence-electron chi connectivity index (χ3n) is 3.82. The fraction of sp³-hybridized carbons (Fsp3) is 0.438. The Bertz CT molecular complexity index is 599. The normalized spacial score (nSPS) is 16.4. The highest BCUT2D eigenvalue weighted by Gasteiger charge is 2.09. The second-order valence-electron chi connectivity index (χ2n) is 5.24. The van der Waals surface area contributed by atoms with Crippen LogP contribution in [-0.2, 0) is 6.54 Å². The van der Waals surface area contributed by atoms with E-state index in [1.54, 1.807) is 0 Å². The Kier molecular flexibility index (Phi) is 5.36. The van der Waals surface area contributed by atoms with E-state index in [9.17, 15) is 0 Å². The highest BCUT2D eigenvalue weighted by Crippen LogP contribution is 2.24. The number of aromatic nitrogens is 1. The van der Waals surface area contributed by atoms with E-state index in [0.29, 0.717) is 0 Å². The molecular weight excluding hydrogens is 302 g/mol. The predicted molar refractivity (Wildman–Crippen MR) is 92.2 cm³/mol. The van der Waals surface area contributed by atoms with Crippen LogP contribution < -0.4 is 5.32 Å². The fourth-order valence-electron chi connectivity index (χ4n) is 2.62. The van der Waals surface area contributed by atoms with Gasteiger partial charge in [-0.2, -0.15) is 11.8 Å². The van der Waals surface area contributed by atoms with Gasteiger partial charge in [0.2, 0.25) is 0 Å². The van der Waals surface area contributed by atoms with Crippen molar-refractivity contribution in [3.63, 3.8) is 0 Å². The van der Waals surface area contributed by atoms with E-state index in [2.05, 4.69) is 33.0 Å². The number of hydrogen-bond acceptors (Lipinski definition) is 4. The summed E-state index contributed by atoms with van der Waals surface area (Å²) in [4.78, 5) is 7.00. The molecule has 2 heterocycles. The number of pyridine rings is 1. The monoisotopic (exact) mass is 321 g/mol. The average molecular weight is 322 g/mol. The van der Waals surface area contributed by atoms with Crippen LogP contribution in [0.5, 0.6) is 0 Å². The van der Waals surface area contributed by atoms with E-state index >= 15 is 0 Å². The first-order chi connectivity index (χ1) is 10.3. The van der Waals surface area contributed by atoms with Crippen molar-refractivity contribution in [1.29, 1.82) is 0 Å². The average Bonchev–Trinajstić information content (AvgIpc) is 2.55. The molecule has 2 aromatic rings. The molecule has 3 rings (SSSR count). The summed E-state index contributed by atoms with van der Waals surface area (Å²) in [5, 5.41) is 5.33. The molecule has 0 bridgehead atoms. The molecule has 1 N–H and O–H groups in total. The Morgan fingerprint density at radius 3 is 2.95 bits per heavy atom. The van der Waals surface area contributed by atoms with Gasteiger partial charge < -0.3 is 10.2 Å². The maximum atomic E-state index is 6.22. The molecule has 112 valence electrons. The Balaban J connectivity index is 1.57. The van der Waals surface area contributed by atoms with Crippen LogP contribution in [0.2, 0.25) is 5.02 Å². The van der Waals surface area contributed by atoms with Crippen LogP contribution in [-0.4, -0.2) is 47.6 Å². The number of nitrogens with one attached hydrogen (secondary N) is 1. The molecule has 5 heteroatoms. The zero-order valence-electron chi connectivity index (χ0n) is 12.0. The van der Waals surface area contributed by atoms with E-state index in [1.165, 1.54) is 30.2 Å². The largest absolute Gasteiger partial charge is 0.311 e. The third kappa shape index (κ3) is 3.89. The van der Waals surface area contributed by atoms with Crippen LogP contribution in [0.25, 0.3) is 10.9 Å². The Hall–Kier alpha value is -0.810. The molecule has 0 spiro atoms. The van der Waals surface area contributed by atoms with Crippen LogP contribution in [0.4, 0.5) is 0 Å². The van der Waals surface area contributed by atoms with Gasteiger partial charge >= 0.3 is 0 Å². The van der Waals surface area contributed by atoms with Crippen molar-refractivity contribution in [1.82, 2.24) is 15.2 Å². The van der Waals surface area contributed by atoms with Gasteiger partial charge in [-0.05, 0) is 23.8 Å². The van der Waals surface area contributed by atoms with Gasteiger partial charge in [0.1, 0.15) is 0 Å². The molecule has 1 aliphatic heterocycles. The van der Waals surface area contributed by atoms with Crippen molar-refractivity contribution >= 4 is 34.3 Å². The zero-order valence-corrected chi connectivity index (χ0v) is 13.6. The van der Waals surface area contributed by atoms with Crippen LogP contribution in [0.15, 0.2) is 30.5 Å². The van der Waals surface area contributed by atoms with Crippen molar-refractivity contribution in [3.05, 3.63) is 41.0 Å². The maximum Gasteiger partial charge on any atom is 0.0761 e. The highest BCUT2D eigenvalue weighted by molar-refractivity contribution is 7.99. The molecule has 0 saturated carbocycles. The first-order valence-electron chi connectivity index (χ1n) is 7.37. The summed E-state index contributed by atoms with van der Waals surface area (Å²) < 4.78 is 0. The van der Waals surface area contributed by atoms with Crippen molar-refractivity contribution in [2.75, 3.05) is 37.7 Å². The topological polar surface area (TPSA) is 28.2 Å². The Labute approximate surface area is 135 Å². The second kappa shape index (κ2) is 7.45. The maximum absolute atomic E-state index is 6.22. The van der Waals surface area contributed by atoms with E-state index in [0.717, 1.165) is 35.6 Å². The molecule has 1 fully saturated rings. The molecule has 3 nitrogen and oxygen atoms in total. The van der Waals surface area contributed by atoms with Crippen LogP contribution in [0.1, 0.15) is 5.56 Å². The molecule has 0 radical (unpaired) electrons. The van der Waals surface area contributed by atoms with Crippen LogP contribution in [0, 0.1) is 0 Å². The van der Waals surface area contributed by atoms with Gasteiger partial charge in [0.15, 0.2) is 0 Å². The van der Waals surface area contributed by atoms with Crippen molar-refractivity contribution in [3.8, 4) is 0 Å². The first-order valence-corrected chi connectivity index (χ1v) is 8.91. The van der Waals surface area contributed by atoms with E-state index in [-0.39, 0.29) is 0 Å². The molecule has 1 aliphatic rings. The van der Waals surface area contributed by atoms with Crippen molar-refractivity contribution < 1.29 is 0 Å². The molecular formula is C16H20ClN3S. The van der Waals surface area contributed by atoms with Gasteiger partial charge in [-0.25, -0.2) is 0 Å². The van der Waals surface area contributed by atoms with Crippen LogP contribution >= 0.6 is 23.4 Å². The standard InChI is InChI=1S/C16H20ClN3S/c17-15-4-3-13(16-14(15)2-1-5-19-16)12-18-6-7-20-8-10-21-11-9-20/h1-5,18H,6-12H2. The summed E-state index contributed by atoms with van der Waals surface area (Å²) in [6.45, 7) is 5.42. The van der Waals surface area contributed by atoms with Crippen molar-refractivity contribution in [2.45, 2.75) is 6.54 Å². The van der Waals surface area contributed by atoms with E-state index in [4.69, 9.17) is 11.6 Å². The lowest BCUT2D eigenvalue weighted by atomic mass is 10.1. The smallest absolute Gasteiger partial charge is 0.0761 e. The van der Waals surface area contributed by atoms with E-state index in [1.807, 2.05) is 24.4 Å². The third-order valence-corrected chi connectivity index (χ3v) is 5.10. The summed E-state index contributed by atoms with van der Waals surface area (Å²) in [5.41, 5.74) is 2.22. The Morgan fingerprint density at radius 2 is 2.10 bits per heavy atom. The SMILES string of the molecule is Clc1ccc(CNCCN2CCSCC2)c2ncccc12. The zero-order chi connectivity index (χ0) is 14.5. The summed E-state index contributed by atoms with van der Waals surface area (Å²) in [7, 11) is 0. The fourth-order valence-corrected chi connectivity index (χ4v) is 3.82. The number of thioether (sulfide) groups is 1. The minimum Gasteiger partial charge on any atom is -0.311 e. The van der Waals surface area contributed by atoms with Gasteiger partial charge in [0.25, 0.3) is 0 Å². The summed E-state index contributed by atoms with van der Waals surface area (Å²) in [5.74, 6) is 2.54. The number of hydrogen-bond donors (Lipinski definition) is 1. The number of fused-ring (bicyclic) bond motifs is 1. The molecule has 0 unspecified atom stereocenters. The molecule has 1 aromatic heterocycles. The quantitative estimate of drug-likeness (QED) is 0.857. The second-order valence-corrected chi connectivity index (χ2v) is 6.87. The van der Waals surface area contributed by atoms with Crippen LogP contribution in [0.3, 0.4) is 0 Å². The molecule has 0 aliphatic carbocycles. The van der Waals surface area contributed by atoms with Gasteiger partial charge in [0, 0.05) is 60.8 Å². The summed E-state index contributed by atoms with van der Waals surface area (Å²) in [6.07, 6.45) is 1.83. The van der Waals surface area contributed by atoms with Gasteiger partial charge in [-0.3, -0.25) is 4.98 Å². The molecule has 21 heavy (non-hydrogen) atoms. The predicted octanol–water partition coefficient (Wildman–Crippen LogP) is 3.03. The summed E-state index contributed by atoms with van der Waals surface area (Å²) in [6, 6.07) is 7.99. The summed E-state index contributed by atoms with van der Waals surface area (Å²) >= 11 is 8.28. The van der Waals surface area contributed by atoms with Gasteiger partial charge in [-0.1, -0.05) is 17.7 Å². The lowest BCUT2D eigenvalue weighted by Gasteiger charge is -2.26.